The van der Waals surface area contributed by atoms with Crippen molar-refractivity contribution in [2.75, 3.05) is 47.5 Å². The Morgan fingerprint density at radius 3 is 1.08 bits per heavy atom. The second-order valence-corrected chi connectivity index (χ2v) is 23.0. The van der Waals surface area contributed by atoms with E-state index in [1.165, 1.54) is 167 Å². The molecule has 0 N–H and O–H groups in total. The van der Waals surface area contributed by atoms with Gasteiger partial charge < -0.3 is 33.3 Å². The summed E-state index contributed by atoms with van der Waals surface area (Å²) in [6.07, 6.45) is 78.0. The van der Waals surface area contributed by atoms with Crippen molar-refractivity contribution in [3.8, 4) is 0 Å². The molecule has 0 bridgehead atoms. The van der Waals surface area contributed by atoms with Gasteiger partial charge in [0.05, 0.1) is 40.3 Å². The normalized spacial score (nSPS) is 13.3. The van der Waals surface area contributed by atoms with E-state index in [4.69, 9.17) is 18.9 Å². The summed E-state index contributed by atoms with van der Waals surface area (Å²) in [6.45, 7) is 4.62. The van der Waals surface area contributed by atoms with Crippen molar-refractivity contribution in [2.24, 2.45) is 0 Å². The molecule has 0 amide bonds. The molecule has 456 valence electrons. The lowest BCUT2D eigenvalue weighted by atomic mass is 10.0. The van der Waals surface area contributed by atoms with E-state index in [-0.39, 0.29) is 38.6 Å². The zero-order valence-electron chi connectivity index (χ0n) is 52.0. The molecule has 2 atom stereocenters. The Kier molecular flexibility index (Phi) is 57.9. The first-order chi connectivity index (χ1) is 38.6. The van der Waals surface area contributed by atoms with E-state index in [1.54, 1.807) is 0 Å². The summed E-state index contributed by atoms with van der Waals surface area (Å²) in [5, 5.41) is 11.8. The molecule has 0 aromatic rings. The molecule has 79 heavy (non-hydrogen) atoms. The number of carboxylic acids is 1. The second-order valence-electron chi connectivity index (χ2n) is 23.0. The summed E-state index contributed by atoms with van der Waals surface area (Å²) in [5.74, 6) is -2.29. The molecule has 0 aliphatic heterocycles. The van der Waals surface area contributed by atoms with Crippen LogP contribution < -0.4 is 5.11 Å². The van der Waals surface area contributed by atoms with Gasteiger partial charge >= 0.3 is 11.9 Å². The largest absolute Gasteiger partial charge is 0.545 e. The third kappa shape index (κ3) is 61.9. The van der Waals surface area contributed by atoms with Crippen molar-refractivity contribution in [1.29, 1.82) is 0 Å². The number of hydrogen-bond acceptors (Lipinski definition) is 8. The van der Waals surface area contributed by atoms with Crippen LogP contribution in [-0.4, -0.2) is 82.3 Å². The predicted molar refractivity (Wildman–Crippen MR) is 334 cm³/mol. The summed E-state index contributed by atoms with van der Waals surface area (Å²) in [7, 11) is 5.92. The summed E-state index contributed by atoms with van der Waals surface area (Å²) < 4.78 is 22.7. The average molecular weight is 1110 g/mol. The summed E-state index contributed by atoms with van der Waals surface area (Å²) in [6, 6.07) is 0. The SMILES string of the molecule is CC/C=C\C/C=C\C/C=C\C/C=C\CCCCCCCCCCCCCCCCCCCCCCCCC(=O)OC(COC(=O)CCCCCCCC/C=C\C/C=C\C/C=C\CCCCC)COC(OCC[N+](C)(C)C)C(=O)[O-]. The Morgan fingerprint density at radius 1 is 0.392 bits per heavy atom. The topological polar surface area (TPSA) is 111 Å². The molecule has 0 saturated heterocycles. The van der Waals surface area contributed by atoms with Crippen LogP contribution in [-0.2, 0) is 33.3 Å². The highest BCUT2D eigenvalue weighted by Gasteiger charge is 2.22. The fourth-order valence-electron chi connectivity index (χ4n) is 9.12. The van der Waals surface area contributed by atoms with Crippen LogP contribution in [0.25, 0.3) is 0 Å². The molecule has 9 nitrogen and oxygen atoms in total. The van der Waals surface area contributed by atoms with Gasteiger partial charge in [0, 0.05) is 12.8 Å². The molecular weight excluding hydrogens is 983 g/mol. The predicted octanol–water partition coefficient (Wildman–Crippen LogP) is 18.6. The molecule has 0 aliphatic rings. The summed E-state index contributed by atoms with van der Waals surface area (Å²) in [5.41, 5.74) is 0. The Balaban J connectivity index is 4.08. The van der Waals surface area contributed by atoms with Gasteiger partial charge in [0.2, 0.25) is 0 Å². The van der Waals surface area contributed by atoms with E-state index in [1.807, 2.05) is 21.1 Å². The van der Waals surface area contributed by atoms with Crippen molar-refractivity contribution in [3.05, 3.63) is 85.1 Å². The number of unbranched alkanes of at least 4 members (excludes halogenated alkanes) is 31. The van der Waals surface area contributed by atoms with E-state index in [0.717, 1.165) is 83.5 Å². The number of nitrogens with zero attached hydrogens (tertiary/aromatic N) is 1. The smallest absolute Gasteiger partial charge is 0.306 e. The van der Waals surface area contributed by atoms with Gasteiger partial charge in [0.1, 0.15) is 13.2 Å². The molecule has 0 heterocycles. The highest BCUT2D eigenvalue weighted by atomic mass is 16.7. The zero-order valence-corrected chi connectivity index (χ0v) is 52.0. The number of esters is 2. The maximum Gasteiger partial charge on any atom is 0.306 e. The molecule has 0 radical (unpaired) electrons. The van der Waals surface area contributed by atoms with Crippen molar-refractivity contribution in [3.63, 3.8) is 0 Å². The van der Waals surface area contributed by atoms with E-state index in [9.17, 15) is 19.5 Å². The first kappa shape index (κ1) is 75.5. The van der Waals surface area contributed by atoms with Crippen molar-refractivity contribution >= 4 is 17.9 Å². The molecule has 0 fully saturated rings. The zero-order chi connectivity index (χ0) is 57.6. The highest BCUT2D eigenvalue weighted by Crippen LogP contribution is 2.17. The van der Waals surface area contributed by atoms with Gasteiger partial charge in [-0.25, -0.2) is 0 Å². The molecule has 9 heteroatoms. The maximum atomic E-state index is 12.9. The van der Waals surface area contributed by atoms with Gasteiger partial charge in [-0.3, -0.25) is 9.59 Å². The fourth-order valence-corrected chi connectivity index (χ4v) is 9.12. The van der Waals surface area contributed by atoms with Gasteiger partial charge in [0.25, 0.3) is 0 Å². The first-order valence-electron chi connectivity index (χ1n) is 32.7. The van der Waals surface area contributed by atoms with Crippen molar-refractivity contribution in [2.45, 2.75) is 296 Å². The summed E-state index contributed by atoms with van der Waals surface area (Å²) >= 11 is 0. The van der Waals surface area contributed by atoms with Gasteiger partial charge in [0.15, 0.2) is 12.4 Å². The molecule has 2 unspecified atom stereocenters. The molecule has 0 spiro atoms. The van der Waals surface area contributed by atoms with Crippen molar-refractivity contribution < 1.29 is 42.9 Å². The number of aliphatic carboxylic acids is 1. The first-order valence-corrected chi connectivity index (χ1v) is 32.7. The Morgan fingerprint density at radius 2 is 0.722 bits per heavy atom. The van der Waals surface area contributed by atoms with Crippen LogP contribution in [0.3, 0.4) is 0 Å². The minimum absolute atomic E-state index is 0.144. The van der Waals surface area contributed by atoms with Crippen LogP contribution in [0.5, 0.6) is 0 Å². The quantitative estimate of drug-likeness (QED) is 0.0195. The van der Waals surface area contributed by atoms with Crippen LogP contribution in [0.2, 0.25) is 0 Å². The Labute approximate surface area is 487 Å². The number of carbonyl (C=O) groups is 3. The van der Waals surface area contributed by atoms with E-state index >= 15 is 0 Å². The molecule has 0 aliphatic carbocycles. The molecular formula is C70H123NO8. The maximum absolute atomic E-state index is 12.9. The third-order valence-electron chi connectivity index (χ3n) is 14.1. The van der Waals surface area contributed by atoms with Crippen LogP contribution >= 0.6 is 0 Å². The third-order valence-corrected chi connectivity index (χ3v) is 14.1. The lowest BCUT2D eigenvalue weighted by Crippen LogP contribution is -2.44. The number of carboxylic acid groups (broad SMARTS) is 1. The van der Waals surface area contributed by atoms with E-state index in [2.05, 4.69) is 98.9 Å². The van der Waals surface area contributed by atoms with Gasteiger partial charge in [-0.2, -0.15) is 0 Å². The van der Waals surface area contributed by atoms with E-state index < -0.39 is 24.3 Å². The molecule has 0 rings (SSSR count). The minimum atomic E-state index is -1.63. The van der Waals surface area contributed by atoms with Crippen LogP contribution in [0, 0.1) is 0 Å². The number of quaternary nitrogens is 1. The van der Waals surface area contributed by atoms with Gasteiger partial charge in [-0.05, 0) is 89.9 Å². The Hall–Kier alpha value is -3.53. The number of hydrogen-bond donors (Lipinski definition) is 0. The second kappa shape index (κ2) is 60.6. The van der Waals surface area contributed by atoms with Crippen LogP contribution in [0.15, 0.2) is 85.1 Å². The minimum Gasteiger partial charge on any atom is -0.545 e. The lowest BCUT2D eigenvalue weighted by Gasteiger charge is -2.26. The van der Waals surface area contributed by atoms with Crippen molar-refractivity contribution in [1.82, 2.24) is 0 Å². The monoisotopic (exact) mass is 1110 g/mol. The fraction of sp³-hybridized carbons (Fsp3) is 0.757. The number of carbonyl (C=O) groups excluding carboxylic acids is 3. The number of ether oxygens (including phenoxy) is 4. The molecule has 0 aromatic carbocycles. The number of rotatable bonds is 60. The lowest BCUT2D eigenvalue weighted by molar-refractivity contribution is -0.870. The molecule has 0 saturated carbocycles. The van der Waals surface area contributed by atoms with E-state index in [0.29, 0.717) is 17.4 Å². The standard InChI is InChI=1S/C70H123NO8/c1-6-8-10-12-14-16-18-20-22-24-26-27-28-29-30-31-32-33-34-35-36-37-38-39-40-41-43-45-47-49-51-53-55-57-59-61-68(73)79-66(65-78-70(69(74)75)76-63-62-71(3,4)5)64-77-67(72)60-58-56-54-52-50-48-46-44-42-25-23-21-19-17-15-13-11-9-7-2/h8,10,14-17,20-23,26-27,42,44,66,70H,6-7,9,11-13,18-19,24-25,28-41,43,45-65H2,1-5H3/b10-8-,16-14-,17-15-,22-20-,23-21-,27-26-,44-42-. The van der Waals surface area contributed by atoms with Crippen LogP contribution in [0.1, 0.15) is 284 Å². The van der Waals surface area contributed by atoms with Crippen LogP contribution in [0.4, 0.5) is 0 Å². The highest BCUT2D eigenvalue weighted by molar-refractivity contribution is 5.70. The van der Waals surface area contributed by atoms with Gasteiger partial charge in [-0.15, -0.1) is 0 Å². The van der Waals surface area contributed by atoms with Gasteiger partial charge in [-0.1, -0.05) is 266 Å². The molecule has 0 aromatic heterocycles. The number of likely N-dealkylation sites (N-methyl/N-ethyl adjacent to an activating group) is 1. The Bertz CT molecular complexity index is 1570. The average Bonchev–Trinajstić information content (AvgIpc) is 3.42. The summed E-state index contributed by atoms with van der Waals surface area (Å²) in [4.78, 5) is 37.4. The number of allylic oxidation sites excluding steroid dienone is 14.